The first kappa shape index (κ1) is 14.0. The van der Waals surface area contributed by atoms with Gasteiger partial charge in [0, 0.05) is 43.9 Å². The zero-order valence-corrected chi connectivity index (χ0v) is 12.6. The lowest BCUT2D eigenvalue weighted by Crippen LogP contribution is -2.45. The maximum absolute atomic E-state index is 11.2. The highest BCUT2D eigenvalue weighted by Crippen LogP contribution is 2.30. The van der Waals surface area contributed by atoms with Gasteiger partial charge in [0.2, 0.25) is 0 Å². The van der Waals surface area contributed by atoms with Crippen molar-refractivity contribution in [1.29, 1.82) is 0 Å². The van der Waals surface area contributed by atoms with Crippen molar-refractivity contribution in [3.8, 4) is 0 Å². The second-order valence-corrected chi connectivity index (χ2v) is 7.62. The Morgan fingerprint density at radius 3 is 2.48 bits per heavy atom. The van der Waals surface area contributed by atoms with Gasteiger partial charge >= 0.3 is 0 Å². The van der Waals surface area contributed by atoms with Gasteiger partial charge in [-0.25, -0.2) is 13.4 Å². The number of hydrogen-bond donors (Lipinski definition) is 0. The van der Waals surface area contributed by atoms with Crippen molar-refractivity contribution in [2.24, 2.45) is 0 Å². The molecule has 0 unspecified atom stereocenters. The normalized spacial score (nSPS) is 15.8. The molecule has 0 aromatic carbocycles. The smallest absolute Gasteiger partial charge is 0.151 e. The number of anilines is 1. The number of sulfone groups is 1. The van der Waals surface area contributed by atoms with Crippen LogP contribution in [0, 0.1) is 0 Å². The van der Waals surface area contributed by atoms with E-state index in [1.807, 2.05) is 36.7 Å². The Hall–Kier alpha value is -1.95. The molecule has 5 nitrogen and oxygen atoms in total. The summed E-state index contributed by atoms with van der Waals surface area (Å²) in [6.45, 7) is 1.87. The van der Waals surface area contributed by atoms with Crippen molar-refractivity contribution >= 4 is 15.7 Å². The van der Waals surface area contributed by atoms with E-state index in [0.29, 0.717) is 5.92 Å². The SMILES string of the molecule is CS(=O)(=O)Cc1ccc(N2CC(c3ccncc3)C2)nc1. The van der Waals surface area contributed by atoms with Crippen molar-refractivity contribution in [1.82, 2.24) is 9.97 Å². The molecule has 3 rings (SSSR count). The van der Waals surface area contributed by atoms with E-state index in [-0.39, 0.29) is 5.75 Å². The molecule has 1 fully saturated rings. The van der Waals surface area contributed by atoms with Gasteiger partial charge in [-0.1, -0.05) is 6.07 Å². The fraction of sp³-hybridized carbons (Fsp3) is 0.333. The monoisotopic (exact) mass is 303 g/mol. The molecule has 3 heterocycles. The highest BCUT2D eigenvalue weighted by Gasteiger charge is 2.28. The van der Waals surface area contributed by atoms with Gasteiger partial charge in [-0.2, -0.15) is 0 Å². The van der Waals surface area contributed by atoms with Crippen LogP contribution in [0.2, 0.25) is 0 Å². The molecule has 0 radical (unpaired) electrons. The van der Waals surface area contributed by atoms with Crippen molar-refractivity contribution in [3.63, 3.8) is 0 Å². The van der Waals surface area contributed by atoms with E-state index in [9.17, 15) is 8.42 Å². The number of hydrogen-bond acceptors (Lipinski definition) is 5. The molecular weight excluding hydrogens is 286 g/mol. The van der Waals surface area contributed by atoms with Gasteiger partial charge in [-0.15, -0.1) is 0 Å². The van der Waals surface area contributed by atoms with Crippen LogP contribution in [0.5, 0.6) is 0 Å². The van der Waals surface area contributed by atoms with Crippen LogP contribution >= 0.6 is 0 Å². The Kier molecular flexibility index (Phi) is 3.63. The number of nitrogens with zero attached hydrogens (tertiary/aromatic N) is 3. The predicted octanol–water partition coefficient (Wildman–Crippen LogP) is 1.63. The van der Waals surface area contributed by atoms with Gasteiger partial charge in [0.15, 0.2) is 9.84 Å². The second kappa shape index (κ2) is 5.44. The predicted molar refractivity (Wildman–Crippen MR) is 82.0 cm³/mol. The zero-order valence-electron chi connectivity index (χ0n) is 11.8. The van der Waals surface area contributed by atoms with E-state index in [2.05, 4.69) is 14.9 Å². The summed E-state index contributed by atoms with van der Waals surface area (Å²) in [6.07, 6.45) is 6.51. The van der Waals surface area contributed by atoms with E-state index in [0.717, 1.165) is 24.5 Å². The van der Waals surface area contributed by atoms with Crippen LogP contribution in [-0.2, 0) is 15.6 Å². The summed E-state index contributed by atoms with van der Waals surface area (Å²) < 4.78 is 22.5. The van der Waals surface area contributed by atoms with Crippen LogP contribution in [-0.4, -0.2) is 37.7 Å². The van der Waals surface area contributed by atoms with Gasteiger partial charge in [0.25, 0.3) is 0 Å². The summed E-state index contributed by atoms with van der Waals surface area (Å²) in [6, 6.07) is 7.82. The molecule has 21 heavy (non-hydrogen) atoms. The first-order valence-electron chi connectivity index (χ1n) is 6.79. The quantitative estimate of drug-likeness (QED) is 0.859. The molecule has 0 aliphatic carbocycles. The van der Waals surface area contributed by atoms with Gasteiger partial charge in [-0.3, -0.25) is 4.98 Å². The number of pyridine rings is 2. The second-order valence-electron chi connectivity index (χ2n) is 5.48. The van der Waals surface area contributed by atoms with Gasteiger partial charge < -0.3 is 4.90 Å². The molecule has 0 saturated carbocycles. The highest BCUT2D eigenvalue weighted by molar-refractivity contribution is 7.89. The molecule has 1 aliphatic heterocycles. The lowest BCUT2D eigenvalue weighted by Gasteiger charge is -2.40. The fourth-order valence-corrected chi connectivity index (χ4v) is 3.28. The van der Waals surface area contributed by atoms with Crippen molar-refractivity contribution < 1.29 is 8.42 Å². The van der Waals surface area contributed by atoms with E-state index >= 15 is 0 Å². The van der Waals surface area contributed by atoms with Crippen LogP contribution in [0.1, 0.15) is 17.0 Å². The Morgan fingerprint density at radius 2 is 1.90 bits per heavy atom. The number of aromatic nitrogens is 2. The van der Waals surface area contributed by atoms with Gasteiger partial charge in [0.1, 0.15) is 5.82 Å². The largest absolute Gasteiger partial charge is 0.355 e. The van der Waals surface area contributed by atoms with Crippen molar-refractivity contribution in [2.45, 2.75) is 11.7 Å². The van der Waals surface area contributed by atoms with Crippen LogP contribution in [0.15, 0.2) is 42.9 Å². The van der Waals surface area contributed by atoms with E-state index < -0.39 is 9.84 Å². The fourth-order valence-electron chi connectivity index (χ4n) is 2.50. The number of rotatable bonds is 4. The molecule has 6 heteroatoms. The van der Waals surface area contributed by atoms with Crippen LogP contribution in [0.4, 0.5) is 5.82 Å². The molecule has 0 bridgehead atoms. The molecule has 0 N–H and O–H groups in total. The van der Waals surface area contributed by atoms with Crippen molar-refractivity contribution in [3.05, 3.63) is 54.0 Å². The maximum atomic E-state index is 11.2. The average molecular weight is 303 g/mol. The Morgan fingerprint density at radius 1 is 1.19 bits per heavy atom. The van der Waals surface area contributed by atoms with Gasteiger partial charge in [-0.05, 0) is 29.3 Å². The molecule has 0 amide bonds. The Balaban J connectivity index is 1.62. The first-order chi connectivity index (χ1) is 10.0. The minimum atomic E-state index is -3.01. The average Bonchev–Trinajstić information content (AvgIpc) is 2.39. The maximum Gasteiger partial charge on any atom is 0.151 e. The van der Waals surface area contributed by atoms with Gasteiger partial charge in [0.05, 0.1) is 5.75 Å². The van der Waals surface area contributed by atoms with Crippen LogP contribution in [0.25, 0.3) is 0 Å². The van der Waals surface area contributed by atoms with Crippen LogP contribution < -0.4 is 4.90 Å². The minimum Gasteiger partial charge on any atom is -0.355 e. The summed E-state index contributed by atoms with van der Waals surface area (Å²) >= 11 is 0. The summed E-state index contributed by atoms with van der Waals surface area (Å²) in [7, 11) is -3.01. The lowest BCUT2D eigenvalue weighted by atomic mass is 9.92. The summed E-state index contributed by atoms with van der Waals surface area (Å²) in [5.41, 5.74) is 2.03. The topological polar surface area (TPSA) is 63.2 Å². The molecule has 110 valence electrons. The molecular formula is C15H17N3O2S. The molecule has 0 spiro atoms. The zero-order chi connectivity index (χ0) is 14.9. The summed E-state index contributed by atoms with van der Waals surface area (Å²) in [5, 5.41) is 0. The molecule has 2 aromatic rings. The summed E-state index contributed by atoms with van der Waals surface area (Å²) in [4.78, 5) is 10.6. The van der Waals surface area contributed by atoms with E-state index in [1.54, 1.807) is 6.20 Å². The third-order valence-electron chi connectivity index (χ3n) is 3.62. The van der Waals surface area contributed by atoms with Crippen molar-refractivity contribution in [2.75, 3.05) is 24.2 Å². The third kappa shape index (κ3) is 3.39. The van der Waals surface area contributed by atoms with E-state index in [4.69, 9.17) is 0 Å². The molecule has 1 aliphatic rings. The Bertz CT molecular complexity index is 708. The first-order valence-corrected chi connectivity index (χ1v) is 8.85. The minimum absolute atomic E-state index is 0.0416. The highest BCUT2D eigenvalue weighted by atomic mass is 32.2. The molecule has 2 aromatic heterocycles. The van der Waals surface area contributed by atoms with E-state index in [1.165, 1.54) is 11.8 Å². The Labute approximate surface area is 124 Å². The lowest BCUT2D eigenvalue weighted by molar-refractivity contribution is 0.519. The molecule has 1 saturated heterocycles. The molecule has 0 atom stereocenters. The van der Waals surface area contributed by atoms with Crippen LogP contribution in [0.3, 0.4) is 0 Å². The summed E-state index contributed by atoms with van der Waals surface area (Å²) in [5.74, 6) is 1.46. The standard InChI is InChI=1S/C15H17N3O2S/c1-21(19,20)11-12-2-3-15(17-8-12)18-9-14(10-18)13-4-6-16-7-5-13/h2-8,14H,9-11H2,1H3. The third-order valence-corrected chi connectivity index (χ3v) is 4.48.